The summed E-state index contributed by atoms with van der Waals surface area (Å²) in [4.78, 5) is 32.4. The summed E-state index contributed by atoms with van der Waals surface area (Å²) in [5.41, 5.74) is 1.18. The maximum atomic E-state index is 13.1. The average molecular weight is 428 g/mol. The molecule has 0 aliphatic rings. The molecule has 1 atom stereocenters. The maximum Gasteiger partial charge on any atom is 0.261 e. The number of fused-ring (bicyclic) bond motifs is 1. The topological polar surface area (TPSA) is 55.2 Å². The first-order valence-electron chi connectivity index (χ1n) is 9.03. The van der Waals surface area contributed by atoms with Crippen molar-refractivity contribution in [3.8, 4) is 0 Å². The van der Waals surface area contributed by atoms with Crippen molar-refractivity contribution in [3.05, 3.63) is 74.7 Å². The molecule has 0 aliphatic carbocycles. The van der Waals surface area contributed by atoms with Crippen molar-refractivity contribution in [2.45, 2.75) is 33.4 Å². The minimum Gasteiger partial charge on any atom is -0.329 e. The third-order valence-electron chi connectivity index (χ3n) is 4.72. The number of carbonyl (C=O) groups is 1. The van der Waals surface area contributed by atoms with E-state index in [1.54, 1.807) is 27.7 Å². The van der Waals surface area contributed by atoms with E-state index in [1.165, 1.54) is 0 Å². The van der Waals surface area contributed by atoms with Gasteiger partial charge in [0, 0.05) is 23.1 Å². The fourth-order valence-electron chi connectivity index (χ4n) is 3.33. The second kappa shape index (κ2) is 8.05. The zero-order valence-corrected chi connectivity index (χ0v) is 17.2. The lowest BCUT2D eigenvalue weighted by Gasteiger charge is -2.29. The van der Waals surface area contributed by atoms with Gasteiger partial charge < -0.3 is 4.90 Å². The van der Waals surface area contributed by atoms with Crippen LogP contribution in [0.1, 0.15) is 43.0 Å². The van der Waals surface area contributed by atoms with Gasteiger partial charge in [0.1, 0.15) is 5.82 Å². The van der Waals surface area contributed by atoms with Gasteiger partial charge in [0.25, 0.3) is 11.5 Å². The minimum absolute atomic E-state index is 0.0732. The summed E-state index contributed by atoms with van der Waals surface area (Å²) in [5, 5.41) is 0.594. The number of benzene rings is 2. The number of hydrogen-bond donors (Lipinski definition) is 0. The lowest BCUT2D eigenvalue weighted by Crippen LogP contribution is -2.37. The third-order valence-corrected chi connectivity index (χ3v) is 5.21. The molecule has 1 aromatic heterocycles. The van der Waals surface area contributed by atoms with Crippen LogP contribution >= 0.6 is 15.9 Å². The molecular weight excluding hydrogens is 406 g/mol. The molecule has 6 heteroatoms. The smallest absolute Gasteiger partial charge is 0.261 e. The van der Waals surface area contributed by atoms with Crippen LogP contribution in [0.5, 0.6) is 0 Å². The molecule has 3 aromatic rings. The van der Waals surface area contributed by atoms with E-state index in [1.807, 2.05) is 51.1 Å². The normalized spacial score (nSPS) is 12.1. The van der Waals surface area contributed by atoms with Gasteiger partial charge in [-0.2, -0.15) is 0 Å². The predicted octanol–water partition coefficient (Wildman–Crippen LogP) is 4.40. The molecule has 0 saturated carbocycles. The van der Waals surface area contributed by atoms with Crippen LogP contribution in [0.15, 0.2) is 57.8 Å². The Morgan fingerprint density at radius 2 is 1.93 bits per heavy atom. The van der Waals surface area contributed by atoms with Crippen molar-refractivity contribution >= 4 is 32.7 Å². The molecule has 1 heterocycles. The first kappa shape index (κ1) is 19.3. The van der Waals surface area contributed by atoms with E-state index in [2.05, 4.69) is 15.9 Å². The van der Waals surface area contributed by atoms with Crippen molar-refractivity contribution in [1.29, 1.82) is 0 Å². The molecule has 0 saturated heterocycles. The molecule has 0 radical (unpaired) electrons. The van der Waals surface area contributed by atoms with Gasteiger partial charge in [-0.3, -0.25) is 14.2 Å². The summed E-state index contributed by atoms with van der Waals surface area (Å²) in [6.45, 7) is 6.78. The van der Waals surface area contributed by atoms with E-state index in [0.717, 1.165) is 4.47 Å². The summed E-state index contributed by atoms with van der Waals surface area (Å²) in [7, 11) is 0. The van der Waals surface area contributed by atoms with E-state index in [-0.39, 0.29) is 17.5 Å². The zero-order chi connectivity index (χ0) is 19.6. The maximum absolute atomic E-state index is 13.1. The van der Waals surface area contributed by atoms with Gasteiger partial charge in [-0.1, -0.05) is 34.1 Å². The standard InChI is InChI=1S/C21H22BrN3O2/c1-4-24(20(26)15-9-8-10-16(22)13-15)14(3)19-23-18-12-7-6-11-17(18)21(27)25(19)5-2/h6-14H,4-5H2,1-3H3. The minimum atomic E-state index is -0.335. The van der Waals surface area contributed by atoms with Crippen LogP contribution in [-0.2, 0) is 6.54 Å². The molecule has 1 unspecified atom stereocenters. The monoisotopic (exact) mass is 427 g/mol. The quantitative estimate of drug-likeness (QED) is 0.605. The fraction of sp³-hybridized carbons (Fsp3) is 0.286. The van der Waals surface area contributed by atoms with Crippen molar-refractivity contribution in [3.63, 3.8) is 0 Å². The highest BCUT2D eigenvalue weighted by molar-refractivity contribution is 9.10. The number of aromatic nitrogens is 2. The van der Waals surface area contributed by atoms with Crippen LogP contribution in [0, 0.1) is 0 Å². The number of para-hydroxylation sites is 1. The molecule has 2 aromatic carbocycles. The highest BCUT2D eigenvalue weighted by Crippen LogP contribution is 2.23. The number of nitrogens with zero attached hydrogens (tertiary/aromatic N) is 3. The van der Waals surface area contributed by atoms with E-state index < -0.39 is 0 Å². The van der Waals surface area contributed by atoms with Crippen LogP contribution in [0.4, 0.5) is 0 Å². The van der Waals surface area contributed by atoms with Crippen LogP contribution < -0.4 is 5.56 Å². The Morgan fingerprint density at radius 3 is 2.59 bits per heavy atom. The molecule has 5 nitrogen and oxygen atoms in total. The molecule has 3 rings (SSSR count). The van der Waals surface area contributed by atoms with Gasteiger partial charge in [-0.25, -0.2) is 4.98 Å². The van der Waals surface area contributed by atoms with Gasteiger partial charge in [-0.15, -0.1) is 0 Å². The van der Waals surface area contributed by atoms with Crippen molar-refractivity contribution in [2.75, 3.05) is 6.54 Å². The van der Waals surface area contributed by atoms with Crippen LogP contribution in [0.2, 0.25) is 0 Å². The molecule has 0 fully saturated rings. The molecule has 0 N–H and O–H groups in total. The highest BCUT2D eigenvalue weighted by atomic mass is 79.9. The van der Waals surface area contributed by atoms with Crippen molar-refractivity contribution in [2.24, 2.45) is 0 Å². The number of halogens is 1. The molecular formula is C21H22BrN3O2. The van der Waals surface area contributed by atoms with Gasteiger partial charge in [-0.05, 0) is 51.1 Å². The highest BCUT2D eigenvalue weighted by Gasteiger charge is 2.25. The van der Waals surface area contributed by atoms with Gasteiger partial charge in [0.05, 0.1) is 16.9 Å². The second-order valence-corrected chi connectivity index (χ2v) is 7.23. The Morgan fingerprint density at radius 1 is 1.19 bits per heavy atom. The lowest BCUT2D eigenvalue weighted by molar-refractivity contribution is 0.0691. The van der Waals surface area contributed by atoms with E-state index >= 15 is 0 Å². The number of rotatable bonds is 5. The van der Waals surface area contributed by atoms with Gasteiger partial charge in [0.15, 0.2) is 0 Å². The molecule has 0 aliphatic heterocycles. The largest absolute Gasteiger partial charge is 0.329 e. The number of carbonyl (C=O) groups excluding carboxylic acids is 1. The first-order valence-corrected chi connectivity index (χ1v) is 9.83. The third kappa shape index (κ3) is 3.67. The number of amides is 1. The van der Waals surface area contributed by atoms with E-state index in [0.29, 0.717) is 35.4 Å². The van der Waals surface area contributed by atoms with Crippen molar-refractivity contribution in [1.82, 2.24) is 14.5 Å². The summed E-state index contributed by atoms with van der Waals surface area (Å²) in [6, 6.07) is 14.3. The summed E-state index contributed by atoms with van der Waals surface area (Å²) in [6.07, 6.45) is 0. The Labute approximate surface area is 166 Å². The average Bonchev–Trinajstić information content (AvgIpc) is 2.68. The molecule has 27 heavy (non-hydrogen) atoms. The molecule has 0 spiro atoms. The Kier molecular flexibility index (Phi) is 5.75. The fourth-order valence-corrected chi connectivity index (χ4v) is 3.73. The van der Waals surface area contributed by atoms with Crippen LogP contribution in [0.3, 0.4) is 0 Å². The number of hydrogen-bond acceptors (Lipinski definition) is 3. The zero-order valence-electron chi connectivity index (χ0n) is 15.6. The van der Waals surface area contributed by atoms with Crippen LogP contribution in [0.25, 0.3) is 10.9 Å². The summed E-state index contributed by atoms with van der Waals surface area (Å²) in [5.74, 6) is 0.516. The van der Waals surface area contributed by atoms with E-state index in [9.17, 15) is 9.59 Å². The van der Waals surface area contributed by atoms with Gasteiger partial charge >= 0.3 is 0 Å². The second-order valence-electron chi connectivity index (χ2n) is 6.31. The Balaban J connectivity index is 2.09. The lowest BCUT2D eigenvalue weighted by atomic mass is 10.1. The van der Waals surface area contributed by atoms with Crippen molar-refractivity contribution < 1.29 is 4.79 Å². The first-order chi connectivity index (χ1) is 13.0. The SMILES string of the molecule is CCN(C(=O)c1cccc(Br)c1)C(C)c1nc2ccccc2c(=O)n1CC. The Bertz CT molecular complexity index is 1050. The summed E-state index contributed by atoms with van der Waals surface area (Å²) < 4.78 is 2.51. The van der Waals surface area contributed by atoms with Gasteiger partial charge in [0.2, 0.25) is 0 Å². The Hall–Kier alpha value is -2.47. The molecule has 1 amide bonds. The van der Waals surface area contributed by atoms with E-state index in [4.69, 9.17) is 4.98 Å². The van der Waals surface area contributed by atoms with Crippen LogP contribution in [-0.4, -0.2) is 26.9 Å². The summed E-state index contributed by atoms with van der Waals surface area (Å²) >= 11 is 3.41. The molecule has 0 bridgehead atoms. The molecule has 140 valence electrons. The predicted molar refractivity (Wildman–Crippen MR) is 111 cm³/mol.